The number of aromatic nitrogens is 3. The van der Waals surface area contributed by atoms with Crippen molar-refractivity contribution < 1.29 is 19.0 Å². The summed E-state index contributed by atoms with van der Waals surface area (Å²) >= 11 is 1.41. The first kappa shape index (κ1) is 23.0. The van der Waals surface area contributed by atoms with Gasteiger partial charge in [-0.1, -0.05) is 11.8 Å². The van der Waals surface area contributed by atoms with Crippen LogP contribution in [0.4, 0.5) is 0 Å². The summed E-state index contributed by atoms with van der Waals surface area (Å²) in [4.78, 5) is 14.2. The average molecular weight is 423 g/mol. The van der Waals surface area contributed by atoms with Gasteiger partial charge in [-0.15, -0.1) is 10.2 Å². The summed E-state index contributed by atoms with van der Waals surface area (Å²) in [5.41, 5.74) is 0.870. The maximum Gasteiger partial charge on any atom is 0.233 e. The van der Waals surface area contributed by atoms with Crippen LogP contribution in [0.1, 0.15) is 20.3 Å². The topological polar surface area (TPSA) is 78.7 Å². The van der Waals surface area contributed by atoms with Gasteiger partial charge in [-0.3, -0.25) is 4.79 Å². The van der Waals surface area contributed by atoms with E-state index < -0.39 is 0 Å². The van der Waals surface area contributed by atoms with Gasteiger partial charge in [0.1, 0.15) is 0 Å². The number of carbonyl (C=O) groups is 1. The van der Waals surface area contributed by atoms with E-state index in [2.05, 4.69) is 10.2 Å². The zero-order valence-electron chi connectivity index (χ0n) is 17.8. The number of hydrogen-bond donors (Lipinski definition) is 0. The van der Waals surface area contributed by atoms with E-state index in [1.807, 2.05) is 41.5 Å². The van der Waals surface area contributed by atoms with Gasteiger partial charge in [-0.25, -0.2) is 0 Å². The first-order valence-corrected chi connectivity index (χ1v) is 10.6. The van der Waals surface area contributed by atoms with Crippen LogP contribution in [0.15, 0.2) is 23.4 Å². The van der Waals surface area contributed by atoms with E-state index >= 15 is 0 Å². The van der Waals surface area contributed by atoms with E-state index in [0.29, 0.717) is 48.6 Å². The molecular formula is C20H30N4O4S. The molecule has 1 aromatic carbocycles. The Bertz CT molecular complexity index is 793. The molecule has 1 aromatic heterocycles. The fourth-order valence-electron chi connectivity index (χ4n) is 2.95. The van der Waals surface area contributed by atoms with Gasteiger partial charge in [0.15, 0.2) is 22.5 Å². The minimum atomic E-state index is 0.0964. The first-order valence-electron chi connectivity index (χ1n) is 9.64. The number of methoxy groups -OCH3 is 3. The lowest BCUT2D eigenvalue weighted by Crippen LogP contribution is -2.31. The van der Waals surface area contributed by atoms with E-state index in [4.69, 9.17) is 14.2 Å². The molecule has 0 aliphatic carbocycles. The highest BCUT2D eigenvalue weighted by Crippen LogP contribution is 2.33. The van der Waals surface area contributed by atoms with Crippen LogP contribution < -0.4 is 9.47 Å². The number of carbonyl (C=O) groups excluding carboxylic acids is 1. The van der Waals surface area contributed by atoms with Gasteiger partial charge >= 0.3 is 0 Å². The molecule has 0 aliphatic heterocycles. The predicted octanol–water partition coefficient (Wildman–Crippen LogP) is 2.96. The molecule has 2 aromatic rings. The predicted molar refractivity (Wildman–Crippen MR) is 114 cm³/mol. The second-order valence-corrected chi connectivity index (χ2v) is 7.17. The van der Waals surface area contributed by atoms with Crippen LogP contribution in [0.3, 0.4) is 0 Å². The molecule has 0 fully saturated rings. The van der Waals surface area contributed by atoms with Gasteiger partial charge in [0.25, 0.3) is 0 Å². The van der Waals surface area contributed by atoms with E-state index in [9.17, 15) is 4.79 Å². The van der Waals surface area contributed by atoms with Crippen molar-refractivity contribution in [3.05, 3.63) is 18.2 Å². The molecule has 1 heterocycles. The number of amides is 1. The Kier molecular flexibility index (Phi) is 9.27. The second-order valence-electron chi connectivity index (χ2n) is 6.23. The van der Waals surface area contributed by atoms with Crippen LogP contribution in [0, 0.1) is 0 Å². The van der Waals surface area contributed by atoms with Gasteiger partial charge in [0.05, 0.1) is 20.0 Å². The third-order valence-corrected chi connectivity index (χ3v) is 5.48. The molecule has 9 heteroatoms. The summed E-state index contributed by atoms with van der Waals surface area (Å²) in [5, 5.41) is 9.45. The molecule has 0 radical (unpaired) electrons. The van der Waals surface area contributed by atoms with Crippen molar-refractivity contribution in [2.75, 3.05) is 46.8 Å². The molecule has 1 amide bonds. The van der Waals surface area contributed by atoms with Crippen molar-refractivity contribution >= 4 is 17.7 Å². The SMILES string of the molecule is CCN(CC)C(=O)CSc1nnc(-c2ccc(OC)c(OC)c2)n1CCCOC. The van der Waals surface area contributed by atoms with Crippen LogP contribution >= 0.6 is 11.8 Å². The zero-order chi connectivity index (χ0) is 21.2. The second kappa shape index (κ2) is 11.7. The van der Waals surface area contributed by atoms with Crippen LogP contribution in [0.25, 0.3) is 11.4 Å². The van der Waals surface area contributed by atoms with Crippen molar-refractivity contribution in [1.29, 1.82) is 0 Å². The molecule has 29 heavy (non-hydrogen) atoms. The van der Waals surface area contributed by atoms with Crippen LogP contribution in [0.5, 0.6) is 11.5 Å². The maximum absolute atomic E-state index is 12.4. The molecule has 0 N–H and O–H groups in total. The van der Waals surface area contributed by atoms with Crippen molar-refractivity contribution in [3.63, 3.8) is 0 Å². The van der Waals surface area contributed by atoms with Gasteiger partial charge in [-0.05, 0) is 38.5 Å². The van der Waals surface area contributed by atoms with Crippen molar-refractivity contribution in [1.82, 2.24) is 19.7 Å². The molecule has 0 saturated heterocycles. The third-order valence-electron chi connectivity index (χ3n) is 4.53. The Morgan fingerprint density at radius 2 is 1.83 bits per heavy atom. The molecule has 0 aliphatic rings. The van der Waals surface area contributed by atoms with E-state index in [1.54, 1.807) is 21.3 Å². The highest BCUT2D eigenvalue weighted by atomic mass is 32.2. The molecule has 0 saturated carbocycles. The Morgan fingerprint density at radius 3 is 2.45 bits per heavy atom. The summed E-state index contributed by atoms with van der Waals surface area (Å²) in [5.74, 6) is 2.43. The monoisotopic (exact) mass is 422 g/mol. The molecular weight excluding hydrogens is 392 g/mol. The van der Waals surface area contributed by atoms with E-state index in [0.717, 1.165) is 17.8 Å². The molecule has 0 bridgehead atoms. The van der Waals surface area contributed by atoms with Gasteiger partial charge < -0.3 is 23.7 Å². The zero-order valence-corrected chi connectivity index (χ0v) is 18.6. The Balaban J connectivity index is 2.29. The van der Waals surface area contributed by atoms with E-state index in [-0.39, 0.29) is 5.91 Å². The number of thioether (sulfide) groups is 1. The van der Waals surface area contributed by atoms with E-state index in [1.165, 1.54) is 11.8 Å². The van der Waals surface area contributed by atoms with Crippen LogP contribution in [-0.2, 0) is 16.1 Å². The molecule has 0 unspecified atom stereocenters. The summed E-state index contributed by atoms with van der Waals surface area (Å²) < 4.78 is 18.0. The number of hydrogen-bond acceptors (Lipinski definition) is 7. The summed E-state index contributed by atoms with van der Waals surface area (Å²) in [6.07, 6.45) is 0.812. The first-order chi connectivity index (χ1) is 14.1. The maximum atomic E-state index is 12.4. The quantitative estimate of drug-likeness (QED) is 0.384. The normalized spacial score (nSPS) is 10.8. The summed E-state index contributed by atoms with van der Waals surface area (Å²) in [6, 6.07) is 5.65. The van der Waals surface area contributed by atoms with Gasteiger partial charge in [-0.2, -0.15) is 0 Å². The molecule has 160 valence electrons. The highest BCUT2D eigenvalue weighted by molar-refractivity contribution is 7.99. The number of ether oxygens (including phenoxy) is 3. The molecule has 2 rings (SSSR count). The number of benzene rings is 1. The van der Waals surface area contributed by atoms with Crippen molar-refractivity contribution in [2.24, 2.45) is 0 Å². The minimum Gasteiger partial charge on any atom is -0.493 e. The largest absolute Gasteiger partial charge is 0.493 e. The third kappa shape index (κ3) is 5.86. The fraction of sp³-hybridized carbons (Fsp3) is 0.550. The lowest BCUT2D eigenvalue weighted by Gasteiger charge is -2.18. The minimum absolute atomic E-state index is 0.0964. The molecule has 0 atom stereocenters. The summed E-state index contributed by atoms with van der Waals surface area (Å²) in [6.45, 7) is 6.68. The van der Waals surface area contributed by atoms with Crippen molar-refractivity contribution in [2.45, 2.75) is 32.0 Å². The lowest BCUT2D eigenvalue weighted by molar-refractivity contribution is -0.127. The van der Waals surface area contributed by atoms with Gasteiger partial charge in [0, 0.05) is 38.9 Å². The number of nitrogens with zero attached hydrogens (tertiary/aromatic N) is 4. The van der Waals surface area contributed by atoms with Gasteiger partial charge in [0.2, 0.25) is 5.91 Å². The molecule has 8 nitrogen and oxygen atoms in total. The Labute approximate surface area is 176 Å². The Morgan fingerprint density at radius 1 is 1.10 bits per heavy atom. The Hall–Kier alpha value is -2.26. The molecule has 0 spiro atoms. The summed E-state index contributed by atoms with van der Waals surface area (Å²) in [7, 11) is 4.89. The smallest absolute Gasteiger partial charge is 0.233 e. The average Bonchev–Trinajstić information content (AvgIpc) is 3.15. The fourth-order valence-corrected chi connectivity index (χ4v) is 3.81. The number of rotatable bonds is 12. The standard InChI is InChI=1S/C20H30N4O4S/c1-6-23(7-2)18(25)14-29-20-22-21-19(24(20)11-8-12-26-3)15-9-10-16(27-4)17(13-15)28-5/h9-10,13H,6-8,11-12,14H2,1-5H3. The van der Waals surface area contributed by atoms with Crippen LogP contribution in [0.2, 0.25) is 0 Å². The lowest BCUT2D eigenvalue weighted by atomic mass is 10.2. The highest BCUT2D eigenvalue weighted by Gasteiger charge is 2.18. The van der Waals surface area contributed by atoms with Crippen LogP contribution in [-0.4, -0.2) is 72.4 Å². The van der Waals surface area contributed by atoms with Crippen molar-refractivity contribution in [3.8, 4) is 22.9 Å².